The normalized spacial score (nSPS) is 11.0. The van der Waals surface area contributed by atoms with Crippen molar-refractivity contribution in [2.45, 2.75) is 19.0 Å². The van der Waals surface area contributed by atoms with Gasteiger partial charge in [0.05, 0.1) is 36.6 Å². The monoisotopic (exact) mass is 619 g/mol. The zero-order chi connectivity index (χ0) is 30.0. The van der Waals surface area contributed by atoms with Gasteiger partial charge in [0.15, 0.2) is 5.16 Å². The van der Waals surface area contributed by atoms with E-state index in [0.717, 1.165) is 39.1 Å². The van der Waals surface area contributed by atoms with Crippen molar-refractivity contribution in [1.29, 1.82) is 0 Å². The minimum atomic E-state index is -0.686. The van der Waals surface area contributed by atoms with Gasteiger partial charge in [0, 0.05) is 10.4 Å². The number of aromatic nitrogens is 2. The predicted octanol–water partition coefficient (Wildman–Crippen LogP) is 6.10. The number of ether oxygens (including phenoxy) is 2. The van der Waals surface area contributed by atoms with Crippen LogP contribution in [0.4, 0.5) is 5.00 Å². The van der Waals surface area contributed by atoms with Crippen LogP contribution in [-0.4, -0.2) is 47.4 Å². The van der Waals surface area contributed by atoms with Crippen molar-refractivity contribution in [3.8, 4) is 16.8 Å². The molecule has 9 nitrogen and oxygen atoms in total. The van der Waals surface area contributed by atoms with Crippen LogP contribution >= 0.6 is 34.4 Å². The van der Waals surface area contributed by atoms with E-state index in [-0.39, 0.29) is 26.8 Å². The zero-order valence-corrected chi connectivity index (χ0v) is 25.5. The smallest absolute Gasteiger partial charge is 0.348 e. The zero-order valence-electron chi connectivity index (χ0n) is 23.0. The molecule has 0 atom stereocenters. The lowest BCUT2D eigenvalue weighted by atomic mass is 10.0. The van der Waals surface area contributed by atoms with Crippen molar-refractivity contribution in [1.82, 2.24) is 9.55 Å². The first-order valence-electron chi connectivity index (χ1n) is 12.6. The van der Waals surface area contributed by atoms with Crippen LogP contribution in [0.25, 0.3) is 27.0 Å². The number of aryl methyl sites for hydroxylation is 1. The molecule has 1 amide bonds. The Morgan fingerprint density at radius 1 is 0.929 bits per heavy atom. The SMILES string of the molecule is COC(=O)c1sc(NC(=O)CSc2nc3sc(C)c(-c4ccccc4)c3c(=O)n2-c2ccccc2)c(C(=O)OC)c1C. The van der Waals surface area contributed by atoms with Crippen LogP contribution in [0.15, 0.2) is 70.6 Å². The van der Waals surface area contributed by atoms with E-state index in [4.69, 9.17) is 14.5 Å². The van der Waals surface area contributed by atoms with E-state index >= 15 is 0 Å². The van der Waals surface area contributed by atoms with Crippen LogP contribution in [0.5, 0.6) is 0 Å². The van der Waals surface area contributed by atoms with Gasteiger partial charge in [-0.05, 0) is 37.1 Å². The first-order valence-corrected chi connectivity index (χ1v) is 15.3. The van der Waals surface area contributed by atoms with Crippen LogP contribution in [0.3, 0.4) is 0 Å². The molecule has 3 aromatic heterocycles. The van der Waals surface area contributed by atoms with Gasteiger partial charge in [0.1, 0.15) is 14.7 Å². The molecule has 3 heterocycles. The minimum absolute atomic E-state index is 0.0875. The summed E-state index contributed by atoms with van der Waals surface area (Å²) in [6.07, 6.45) is 0. The third-order valence-corrected chi connectivity index (χ3v) is 9.57. The largest absolute Gasteiger partial charge is 0.465 e. The fraction of sp³-hybridized carbons (Fsp3) is 0.167. The first-order chi connectivity index (χ1) is 20.2. The standard InChI is InChI=1S/C30H25N3O6S3/c1-16-21(28(36)38-3)25(42-24(16)29(37)39-4)31-20(34)15-40-30-32-26-23(27(35)33(30)19-13-9-6-10-14-19)22(17(2)41-26)18-11-7-5-8-12-18/h5-14H,15H2,1-4H3,(H,31,34). The molecule has 0 spiro atoms. The molecule has 1 N–H and O–H groups in total. The number of thioether (sulfide) groups is 1. The van der Waals surface area contributed by atoms with Crippen molar-refractivity contribution in [2.24, 2.45) is 0 Å². The second-order valence-electron chi connectivity index (χ2n) is 9.03. The predicted molar refractivity (Wildman–Crippen MR) is 166 cm³/mol. The molecule has 12 heteroatoms. The molecule has 0 radical (unpaired) electrons. The van der Waals surface area contributed by atoms with Crippen molar-refractivity contribution in [2.75, 3.05) is 25.3 Å². The fourth-order valence-electron chi connectivity index (χ4n) is 4.53. The van der Waals surface area contributed by atoms with E-state index in [2.05, 4.69) is 5.32 Å². The molecule has 5 rings (SSSR count). The molecule has 0 bridgehead atoms. The Kier molecular flexibility index (Phi) is 8.57. The summed E-state index contributed by atoms with van der Waals surface area (Å²) in [5.74, 6) is -1.88. The van der Waals surface area contributed by atoms with E-state index in [1.807, 2.05) is 67.6 Å². The Morgan fingerprint density at radius 3 is 2.21 bits per heavy atom. The average molecular weight is 620 g/mol. The third-order valence-electron chi connectivity index (χ3n) is 6.44. The van der Waals surface area contributed by atoms with E-state index in [1.54, 1.807) is 6.92 Å². The number of hydrogen-bond acceptors (Lipinski definition) is 10. The van der Waals surface area contributed by atoms with Crippen molar-refractivity contribution in [3.63, 3.8) is 0 Å². The number of thiophene rings is 2. The lowest BCUT2D eigenvalue weighted by molar-refractivity contribution is -0.113. The summed E-state index contributed by atoms with van der Waals surface area (Å²) in [4.78, 5) is 58.5. The number of esters is 2. The number of amides is 1. The molecule has 0 aliphatic carbocycles. The highest BCUT2D eigenvalue weighted by Gasteiger charge is 2.27. The molecule has 5 aromatic rings. The quantitative estimate of drug-likeness (QED) is 0.126. The summed E-state index contributed by atoms with van der Waals surface area (Å²) >= 11 is 3.46. The highest BCUT2D eigenvalue weighted by molar-refractivity contribution is 7.99. The number of para-hydroxylation sites is 1. The number of rotatable bonds is 8. The number of nitrogens with one attached hydrogen (secondary N) is 1. The minimum Gasteiger partial charge on any atom is -0.465 e. The van der Waals surface area contributed by atoms with Gasteiger partial charge < -0.3 is 14.8 Å². The van der Waals surface area contributed by atoms with E-state index < -0.39 is 17.8 Å². The Bertz CT molecular complexity index is 1880. The summed E-state index contributed by atoms with van der Waals surface area (Å²) in [6, 6.07) is 18.9. The molecule has 0 saturated heterocycles. The Morgan fingerprint density at radius 2 is 1.57 bits per heavy atom. The van der Waals surface area contributed by atoms with Gasteiger partial charge in [-0.15, -0.1) is 22.7 Å². The topological polar surface area (TPSA) is 117 Å². The molecule has 0 aliphatic heterocycles. The molecular weight excluding hydrogens is 595 g/mol. The maximum Gasteiger partial charge on any atom is 0.348 e. The third kappa shape index (κ3) is 5.48. The van der Waals surface area contributed by atoms with E-state index in [9.17, 15) is 19.2 Å². The number of fused-ring (bicyclic) bond motifs is 1. The second-order valence-corrected chi connectivity index (χ2v) is 12.2. The summed E-state index contributed by atoms with van der Waals surface area (Å²) < 4.78 is 11.2. The first kappa shape index (κ1) is 29.2. The fourth-order valence-corrected chi connectivity index (χ4v) is 7.55. The van der Waals surface area contributed by atoms with Gasteiger partial charge in [-0.2, -0.15) is 0 Å². The highest BCUT2D eigenvalue weighted by atomic mass is 32.2. The lowest BCUT2D eigenvalue weighted by Gasteiger charge is -2.13. The average Bonchev–Trinajstić information content (AvgIpc) is 3.51. The van der Waals surface area contributed by atoms with Gasteiger partial charge in [-0.1, -0.05) is 60.3 Å². The van der Waals surface area contributed by atoms with Crippen LogP contribution in [-0.2, 0) is 14.3 Å². The number of benzene rings is 2. The van der Waals surface area contributed by atoms with E-state index in [1.165, 1.54) is 30.1 Å². The summed E-state index contributed by atoms with van der Waals surface area (Å²) in [7, 11) is 2.46. The molecule has 214 valence electrons. The number of carbonyl (C=O) groups excluding carboxylic acids is 3. The Hall–Kier alpha value is -4.26. The second kappa shape index (κ2) is 12.3. The van der Waals surface area contributed by atoms with Gasteiger partial charge in [-0.25, -0.2) is 14.6 Å². The maximum absolute atomic E-state index is 14.1. The van der Waals surface area contributed by atoms with Crippen LogP contribution in [0.1, 0.15) is 30.5 Å². The number of methoxy groups -OCH3 is 2. The molecular formula is C30H25N3O6S3. The van der Waals surface area contributed by atoms with Crippen LogP contribution < -0.4 is 10.9 Å². The van der Waals surface area contributed by atoms with Crippen LogP contribution in [0, 0.1) is 13.8 Å². The highest BCUT2D eigenvalue weighted by Crippen LogP contribution is 2.37. The molecule has 0 aliphatic rings. The summed E-state index contributed by atoms with van der Waals surface area (Å²) in [5, 5.41) is 3.77. The molecule has 42 heavy (non-hydrogen) atoms. The van der Waals surface area contributed by atoms with Gasteiger partial charge in [-0.3, -0.25) is 14.2 Å². The van der Waals surface area contributed by atoms with Crippen molar-refractivity contribution >= 4 is 67.5 Å². The van der Waals surface area contributed by atoms with Crippen molar-refractivity contribution in [3.05, 3.63) is 91.9 Å². The molecule has 2 aromatic carbocycles. The lowest BCUT2D eigenvalue weighted by Crippen LogP contribution is -2.23. The van der Waals surface area contributed by atoms with Gasteiger partial charge >= 0.3 is 11.9 Å². The van der Waals surface area contributed by atoms with Crippen molar-refractivity contribution < 1.29 is 23.9 Å². The molecule has 0 unspecified atom stereocenters. The van der Waals surface area contributed by atoms with Gasteiger partial charge in [0.2, 0.25) is 5.91 Å². The summed E-state index contributed by atoms with van der Waals surface area (Å²) in [6.45, 7) is 3.55. The van der Waals surface area contributed by atoms with Crippen LogP contribution in [0.2, 0.25) is 0 Å². The number of carbonyl (C=O) groups is 3. The number of nitrogens with zero attached hydrogens (tertiary/aromatic N) is 2. The molecule has 0 fully saturated rings. The maximum atomic E-state index is 14.1. The van der Waals surface area contributed by atoms with E-state index in [0.29, 0.717) is 26.6 Å². The number of anilines is 1. The number of hydrogen-bond donors (Lipinski definition) is 1. The van der Waals surface area contributed by atoms with Gasteiger partial charge in [0.25, 0.3) is 5.56 Å². The summed E-state index contributed by atoms with van der Waals surface area (Å²) in [5.41, 5.74) is 2.60. The molecule has 0 saturated carbocycles. The Balaban J connectivity index is 1.52. The Labute approximate surface area is 253 Å².